The Kier molecular flexibility index (Phi) is 6.01. The number of likely N-dealkylation sites (tertiary alicyclic amines) is 1. The maximum atomic E-state index is 14.3. The molecule has 2 amide bonds. The predicted molar refractivity (Wildman–Crippen MR) is 120 cm³/mol. The van der Waals surface area contributed by atoms with Gasteiger partial charge in [-0.25, -0.2) is 19.2 Å². The lowest BCUT2D eigenvalue weighted by atomic mass is 9.88. The number of fused-ring (bicyclic) bond motifs is 2. The summed E-state index contributed by atoms with van der Waals surface area (Å²) in [5.74, 6) is -1.21. The first-order valence-electron chi connectivity index (χ1n) is 11.2. The summed E-state index contributed by atoms with van der Waals surface area (Å²) < 4.78 is 29.6. The van der Waals surface area contributed by atoms with Crippen molar-refractivity contribution in [1.29, 1.82) is 0 Å². The second kappa shape index (κ2) is 9.11. The zero-order chi connectivity index (χ0) is 23.8. The maximum absolute atomic E-state index is 14.3. The van der Waals surface area contributed by atoms with E-state index < -0.39 is 17.5 Å². The Balaban J connectivity index is 1.48. The van der Waals surface area contributed by atoms with E-state index in [2.05, 4.69) is 20.7 Å². The van der Waals surface area contributed by atoms with Crippen LogP contribution in [0.15, 0.2) is 36.7 Å². The number of carbonyl (C=O) groups is 2. The molecule has 0 radical (unpaired) electrons. The van der Waals surface area contributed by atoms with Crippen LogP contribution in [0.4, 0.5) is 8.78 Å². The van der Waals surface area contributed by atoms with Crippen LogP contribution >= 0.6 is 0 Å². The SMILES string of the molecule is CONC(=O)c1cc2c(CN3CC[C@@H]4C(=O)NC[C@@H]4C3)cn(Cc3ccc(F)cc3F)c2cn1. The van der Waals surface area contributed by atoms with E-state index >= 15 is 0 Å². The van der Waals surface area contributed by atoms with E-state index in [1.54, 1.807) is 12.3 Å². The molecule has 0 spiro atoms. The third kappa shape index (κ3) is 4.26. The number of nitrogens with one attached hydrogen (secondary N) is 2. The van der Waals surface area contributed by atoms with Crippen molar-refractivity contribution < 1.29 is 23.2 Å². The zero-order valence-corrected chi connectivity index (χ0v) is 18.7. The molecule has 2 aliphatic heterocycles. The normalized spacial score (nSPS) is 20.4. The van der Waals surface area contributed by atoms with Gasteiger partial charge < -0.3 is 9.88 Å². The highest BCUT2D eigenvalue weighted by atomic mass is 19.1. The lowest BCUT2D eigenvalue weighted by molar-refractivity contribution is -0.124. The molecule has 2 fully saturated rings. The summed E-state index contributed by atoms with van der Waals surface area (Å²) in [7, 11) is 1.35. The van der Waals surface area contributed by atoms with E-state index in [1.165, 1.54) is 19.2 Å². The van der Waals surface area contributed by atoms with Gasteiger partial charge in [-0.15, -0.1) is 0 Å². The summed E-state index contributed by atoms with van der Waals surface area (Å²) in [5.41, 5.74) is 4.52. The monoisotopic (exact) mass is 469 g/mol. The molecule has 178 valence electrons. The van der Waals surface area contributed by atoms with Gasteiger partial charge in [-0.1, -0.05) is 6.07 Å². The van der Waals surface area contributed by atoms with Gasteiger partial charge in [0.05, 0.1) is 25.4 Å². The molecule has 0 unspecified atom stereocenters. The molecule has 10 heteroatoms. The lowest BCUT2D eigenvalue weighted by Crippen LogP contribution is -2.40. The van der Waals surface area contributed by atoms with Crippen molar-refractivity contribution in [2.75, 3.05) is 26.7 Å². The lowest BCUT2D eigenvalue weighted by Gasteiger charge is -2.33. The van der Waals surface area contributed by atoms with E-state index in [0.29, 0.717) is 18.7 Å². The van der Waals surface area contributed by atoms with Crippen LogP contribution in [0, 0.1) is 23.5 Å². The minimum absolute atomic E-state index is 0.0765. The zero-order valence-electron chi connectivity index (χ0n) is 18.7. The Hall–Kier alpha value is -3.37. The number of aromatic nitrogens is 2. The minimum atomic E-state index is -0.627. The van der Waals surface area contributed by atoms with Crippen LogP contribution in [0.25, 0.3) is 10.9 Å². The number of pyridine rings is 1. The van der Waals surface area contributed by atoms with Crippen molar-refractivity contribution in [3.8, 4) is 0 Å². The Labute approximate surface area is 194 Å². The molecule has 0 bridgehead atoms. The van der Waals surface area contributed by atoms with E-state index in [4.69, 9.17) is 4.84 Å². The number of nitrogens with zero attached hydrogens (tertiary/aromatic N) is 3. The van der Waals surface area contributed by atoms with Crippen molar-refractivity contribution in [3.05, 3.63) is 65.1 Å². The average molecular weight is 469 g/mol. The molecule has 1 aromatic carbocycles. The van der Waals surface area contributed by atoms with Gasteiger partial charge in [-0.3, -0.25) is 19.3 Å². The smallest absolute Gasteiger partial charge is 0.293 e. The number of hydrogen-bond donors (Lipinski definition) is 2. The highest BCUT2D eigenvalue weighted by molar-refractivity contribution is 5.96. The first-order chi connectivity index (χ1) is 16.4. The highest BCUT2D eigenvalue weighted by Crippen LogP contribution is 2.30. The van der Waals surface area contributed by atoms with Crippen molar-refractivity contribution in [1.82, 2.24) is 25.2 Å². The van der Waals surface area contributed by atoms with E-state index in [-0.39, 0.29) is 30.0 Å². The largest absolute Gasteiger partial charge is 0.355 e. The third-order valence-corrected chi connectivity index (χ3v) is 6.72. The molecule has 3 aromatic rings. The van der Waals surface area contributed by atoms with Crippen LogP contribution in [0.1, 0.15) is 28.0 Å². The van der Waals surface area contributed by atoms with Crippen LogP contribution in [0.3, 0.4) is 0 Å². The quantitative estimate of drug-likeness (QED) is 0.541. The fourth-order valence-corrected chi connectivity index (χ4v) is 5.03. The van der Waals surface area contributed by atoms with Gasteiger partial charge in [0.25, 0.3) is 5.91 Å². The van der Waals surface area contributed by atoms with E-state index in [0.717, 1.165) is 42.0 Å². The molecule has 4 heterocycles. The average Bonchev–Trinajstić information content (AvgIpc) is 3.35. The van der Waals surface area contributed by atoms with Gasteiger partial charge >= 0.3 is 0 Å². The summed E-state index contributed by atoms with van der Waals surface area (Å²) in [5, 5.41) is 3.77. The molecule has 8 nitrogen and oxygen atoms in total. The summed E-state index contributed by atoms with van der Waals surface area (Å²) in [6, 6.07) is 5.23. The number of carbonyl (C=O) groups excluding carboxylic acids is 2. The summed E-state index contributed by atoms with van der Waals surface area (Å²) >= 11 is 0. The Morgan fingerprint density at radius 3 is 2.91 bits per heavy atom. The summed E-state index contributed by atoms with van der Waals surface area (Å²) in [6.07, 6.45) is 4.31. The van der Waals surface area contributed by atoms with Gasteiger partial charge in [0.15, 0.2) is 0 Å². The molecule has 2 aromatic heterocycles. The summed E-state index contributed by atoms with van der Waals surface area (Å²) in [4.78, 5) is 35.5. The molecule has 0 saturated carbocycles. The van der Waals surface area contributed by atoms with Gasteiger partial charge in [0, 0.05) is 54.7 Å². The van der Waals surface area contributed by atoms with Crippen LogP contribution in [-0.4, -0.2) is 53.0 Å². The minimum Gasteiger partial charge on any atom is -0.355 e. The number of amides is 2. The first kappa shape index (κ1) is 22.4. The second-order valence-electron chi connectivity index (χ2n) is 8.88. The van der Waals surface area contributed by atoms with Gasteiger partial charge in [-0.05, 0) is 30.7 Å². The van der Waals surface area contributed by atoms with Gasteiger partial charge in [0.1, 0.15) is 17.3 Å². The van der Waals surface area contributed by atoms with Crippen molar-refractivity contribution in [2.24, 2.45) is 11.8 Å². The molecular formula is C24H25F2N5O3. The third-order valence-electron chi connectivity index (χ3n) is 6.72. The van der Waals surface area contributed by atoms with Crippen molar-refractivity contribution in [3.63, 3.8) is 0 Å². The fourth-order valence-electron chi connectivity index (χ4n) is 5.03. The van der Waals surface area contributed by atoms with E-state index in [1.807, 2.05) is 10.8 Å². The Bertz CT molecular complexity index is 1260. The summed E-state index contributed by atoms with van der Waals surface area (Å²) in [6.45, 7) is 3.08. The molecule has 2 saturated heterocycles. The topological polar surface area (TPSA) is 88.5 Å². The molecule has 5 rings (SSSR count). The standard InChI is InChI=1S/C24H25F2N5O3/c1-34-29-24(33)21-7-19-16(11-30-5-4-18-15(10-30)8-28-23(18)32)13-31(22(19)9-27-21)12-14-2-3-17(25)6-20(14)26/h2-3,6-7,9,13,15,18H,4-5,8,10-12H2,1H3,(H,28,32)(H,29,33)/t15-,18+/m1/s1. The predicted octanol–water partition coefficient (Wildman–Crippen LogP) is 2.22. The Morgan fingerprint density at radius 1 is 1.26 bits per heavy atom. The van der Waals surface area contributed by atoms with Crippen LogP contribution in [-0.2, 0) is 22.7 Å². The van der Waals surface area contributed by atoms with Crippen LogP contribution in [0.5, 0.6) is 0 Å². The molecule has 2 atom stereocenters. The van der Waals surface area contributed by atoms with Crippen molar-refractivity contribution >= 4 is 22.7 Å². The Morgan fingerprint density at radius 2 is 2.12 bits per heavy atom. The number of hydrogen-bond acceptors (Lipinski definition) is 5. The number of halogens is 2. The number of rotatable bonds is 6. The molecule has 34 heavy (non-hydrogen) atoms. The molecule has 0 aliphatic carbocycles. The molecular weight excluding hydrogens is 444 g/mol. The maximum Gasteiger partial charge on any atom is 0.293 e. The number of benzene rings is 1. The van der Waals surface area contributed by atoms with Gasteiger partial charge in [-0.2, -0.15) is 0 Å². The first-order valence-corrected chi connectivity index (χ1v) is 11.2. The molecule has 2 aliphatic rings. The van der Waals surface area contributed by atoms with Crippen molar-refractivity contribution in [2.45, 2.75) is 19.5 Å². The van der Waals surface area contributed by atoms with Crippen LogP contribution in [0.2, 0.25) is 0 Å². The highest BCUT2D eigenvalue weighted by Gasteiger charge is 2.38. The number of piperidine rings is 1. The van der Waals surface area contributed by atoms with E-state index in [9.17, 15) is 18.4 Å². The fraction of sp³-hybridized carbons (Fsp3) is 0.375. The van der Waals surface area contributed by atoms with Crippen LogP contribution < -0.4 is 10.8 Å². The number of hydroxylamine groups is 1. The van der Waals surface area contributed by atoms with Gasteiger partial charge in [0.2, 0.25) is 5.91 Å². The second-order valence-corrected chi connectivity index (χ2v) is 8.88. The molecule has 2 N–H and O–H groups in total.